The summed E-state index contributed by atoms with van der Waals surface area (Å²) in [6.45, 7) is 0.336. The van der Waals surface area contributed by atoms with Gasteiger partial charge < -0.3 is 16.0 Å². The highest BCUT2D eigenvalue weighted by Gasteiger charge is 2.19. The first-order valence-electron chi connectivity index (χ1n) is 8.98. The van der Waals surface area contributed by atoms with Gasteiger partial charge in [0.05, 0.1) is 5.56 Å². The average molecular weight is 407 g/mol. The Morgan fingerprint density at radius 1 is 1.17 bits per heavy atom. The van der Waals surface area contributed by atoms with Crippen LogP contribution in [0, 0.1) is 5.82 Å². The molecule has 152 valence electrons. The Morgan fingerprint density at radius 3 is 2.73 bits per heavy atom. The number of rotatable bonds is 6. The Bertz CT molecular complexity index is 1240. The molecule has 3 N–H and O–H groups in total. The number of halogens is 1. The van der Waals surface area contributed by atoms with Crippen molar-refractivity contribution in [1.29, 1.82) is 0 Å². The molecule has 0 fully saturated rings. The first kappa shape index (κ1) is 19.2. The molecule has 0 aliphatic heterocycles. The van der Waals surface area contributed by atoms with Crippen LogP contribution in [0.25, 0.3) is 17.3 Å². The summed E-state index contributed by atoms with van der Waals surface area (Å²) in [6.07, 6.45) is 1.68. The highest BCUT2D eigenvalue weighted by molar-refractivity contribution is 5.98. The monoisotopic (exact) mass is 407 g/mol. The lowest BCUT2D eigenvalue weighted by molar-refractivity contribution is 0.100. The number of pyridine rings is 1. The molecular weight excluding hydrogens is 389 g/mol. The Morgan fingerprint density at radius 2 is 2.00 bits per heavy atom. The molecule has 0 aliphatic carbocycles. The molecule has 0 aliphatic rings. The Balaban J connectivity index is 1.73. The number of primary amides is 1. The van der Waals surface area contributed by atoms with Gasteiger partial charge in [0.2, 0.25) is 11.6 Å². The van der Waals surface area contributed by atoms with Crippen LogP contribution < -0.4 is 16.0 Å². The maximum absolute atomic E-state index is 13.5. The molecule has 0 atom stereocenters. The summed E-state index contributed by atoms with van der Waals surface area (Å²) >= 11 is 0. The van der Waals surface area contributed by atoms with Crippen molar-refractivity contribution in [2.45, 2.75) is 6.54 Å². The number of nitrogens with one attached hydrogen (secondary N) is 1. The van der Waals surface area contributed by atoms with Crippen LogP contribution in [0.15, 0.2) is 42.6 Å². The minimum Gasteiger partial charge on any atom is -0.365 e. The van der Waals surface area contributed by atoms with E-state index in [4.69, 9.17) is 5.73 Å². The van der Waals surface area contributed by atoms with Gasteiger partial charge in [-0.15, -0.1) is 20.4 Å². The summed E-state index contributed by atoms with van der Waals surface area (Å²) in [7, 11) is 3.62. The zero-order chi connectivity index (χ0) is 21.3. The van der Waals surface area contributed by atoms with E-state index in [0.29, 0.717) is 29.7 Å². The van der Waals surface area contributed by atoms with E-state index in [0.717, 1.165) is 5.56 Å². The van der Waals surface area contributed by atoms with E-state index in [1.54, 1.807) is 39.8 Å². The zero-order valence-corrected chi connectivity index (χ0v) is 16.2. The number of hydrogen-bond donors (Lipinski definition) is 2. The molecule has 10 nitrogen and oxygen atoms in total. The lowest BCUT2D eigenvalue weighted by atomic mass is 10.2. The van der Waals surface area contributed by atoms with Gasteiger partial charge in [-0.3, -0.25) is 9.20 Å². The van der Waals surface area contributed by atoms with Gasteiger partial charge in [-0.25, -0.2) is 9.37 Å². The first-order chi connectivity index (χ1) is 14.4. The molecule has 30 heavy (non-hydrogen) atoms. The van der Waals surface area contributed by atoms with Gasteiger partial charge >= 0.3 is 0 Å². The van der Waals surface area contributed by atoms with Crippen molar-refractivity contribution >= 4 is 23.2 Å². The lowest BCUT2D eigenvalue weighted by Gasteiger charge is -2.16. The largest absolute Gasteiger partial charge is 0.365 e. The molecule has 0 bridgehead atoms. The standard InChI is InChI=1S/C19H18FN9O/c1-28(2)18-15(22-10-11-5-3-6-12(20)9-11)23-16(24-26-18)19-27-25-17-13(14(21)30)7-4-8-29(17)19/h3-9H,10H2,1-2H3,(H2,21,30)(H,22,23,24). The minimum atomic E-state index is -0.612. The first-order valence-corrected chi connectivity index (χ1v) is 8.98. The zero-order valence-electron chi connectivity index (χ0n) is 16.2. The number of hydrogen-bond acceptors (Lipinski definition) is 8. The quantitative estimate of drug-likeness (QED) is 0.492. The van der Waals surface area contributed by atoms with Gasteiger partial charge in [0.15, 0.2) is 17.3 Å². The van der Waals surface area contributed by atoms with Gasteiger partial charge in [0, 0.05) is 26.8 Å². The third-order valence-electron chi connectivity index (χ3n) is 4.34. The summed E-state index contributed by atoms with van der Waals surface area (Å²) in [5.41, 5.74) is 6.69. The lowest BCUT2D eigenvalue weighted by Crippen LogP contribution is -2.17. The van der Waals surface area contributed by atoms with E-state index in [-0.39, 0.29) is 17.2 Å². The van der Waals surface area contributed by atoms with E-state index in [9.17, 15) is 9.18 Å². The van der Waals surface area contributed by atoms with Crippen molar-refractivity contribution in [3.63, 3.8) is 0 Å². The maximum atomic E-state index is 13.5. The molecule has 11 heteroatoms. The topological polar surface area (TPSA) is 127 Å². The number of aromatic nitrogens is 6. The number of carbonyl (C=O) groups is 1. The second-order valence-electron chi connectivity index (χ2n) is 6.69. The summed E-state index contributed by atoms with van der Waals surface area (Å²) < 4.78 is 15.0. The smallest absolute Gasteiger partial charge is 0.252 e. The molecule has 0 unspecified atom stereocenters. The third-order valence-corrected chi connectivity index (χ3v) is 4.34. The summed E-state index contributed by atoms with van der Waals surface area (Å²) in [6, 6.07) is 9.49. The van der Waals surface area contributed by atoms with Gasteiger partial charge in [-0.05, 0) is 29.8 Å². The van der Waals surface area contributed by atoms with E-state index in [1.165, 1.54) is 12.1 Å². The summed E-state index contributed by atoms with van der Waals surface area (Å²) in [5, 5.41) is 19.7. The number of nitrogens with two attached hydrogens (primary N) is 1. The van der Waals surface area contributed by atoms with Crippen LogP contribution in [-0.4, -0.2) is 49.8 Å². The van der Waals surface area contributed by atoms with Crippen LogP contribution in [0.3, 0.4) is 0 Å². The summed E-state index contributed by atoms with van der Waals surface area (Å²) in [5.74, 6) is 0.526. The summed E-state index contributed by atoms with van der Waals surface area (Å²) in [4.78, 5) is 17.9. The third kappa shape index (κ3) is 3.60. The van der Waals surface area contributed by atoms with E-state index in [1.807, 2.05) is 14.1 Å². The number of carbonyl (C=O) groups excluding carboxylic acids is 1. The Kier molecular flexibility index (Phi) is 4.92. The molecule has 1 amide bonds. The number of benzene rings is 1. The molecule has 0 saturated carbocycles. The molecule has 0 spiro atoms. The molecule has 3 heterocycles. The fourth-order valence-corrected chi connectivity index (χ4v) is 2.93. The number of nitrogens with zero attached hydrogens (tertiary/aromatic N) is 7. The van der Waals surface area contributed by atoms with Crippen molar-refractivity contribution in [3.8, 4) is 11.6 Å². The molecule has 0 radical (unpaired) electrons. The van der Waals surface area contributed by atoms with Crippen molar-refractivity contribution < 1.29 is 9.18 Å². The Labute approximate surface area is 170 Å². The SMILES string of the molecule is CN(C)c1nnc(-c2nnc3c(C(N)=O)cccn23)nc1NCc1cccc(F)c1. The number of fused-ring (bicyclic) bond motifs is 1. The number of anilines is 2. The van der Waals surface area contributed by atoms with Crippen LogP contribution in [0.2, 0.25) is 0 Å². The van der Waals surface area contributed by atoms with Crippen LogP contribution in [0.4, 0.5) is 16.0 Å². The predicted molar refractivity (Wildman–Crippen MR) is 108 cm³/mol. The predicted octanol–water partition coefficient (Wildman–Crippen LogP) is 1.50. The van der Waals surface area contributed by atoms with E-state index in [2.05, 4.69) is 30.7 Å². The van der Waals surface area contributed by atoms with Gasteiger partial charge in [-0.1, -0.05) is 12.1 Å². The van der Waals surface area contributed by atoms with Crippen molar-refractivity contribution in [3.05, 3.63) is 59.5 Å². The average Bonchev–Trinajstić information content (AvgIpc) is 3.16. The van der Waals surface area contributed by atoms with Gasteiger partial charge in [-0.2, -0.15) is 0 Å². The van der Waals surface area contributed by atoms with Crippen molar-refractivity contribution in [2.75, 3.05) is 24.3 Å². The van der Waals surface area contributed by atoms with E-state index < -0.39 is 5.91 Å². The molecule has 4 rings (SSSR count). The molecule has 0 saturated heterocycles. The fraction of sp³-hybridized carbons (Fsp3) is 0.158. The molecular formula is C19H18FN9O. The fourth-order valence-electron chi connectivity index (χ4n) is 2.93. The van der Waals surface area contributed by atoms with Crippen molar-refractivity contribution in [1.82, 2.24) is 29.8 Å². The Hall–Kier alpha value is -4.15. The minimum absolute atomic E-state index is 0.205. The second-order valence-corrected chi connectivity index (χ2v) is 6.69. The maximum Gasteiger partial charge on any atom is 0.252 e. The van der Waals surface area contributed by atoms with Crippen LogP contribution in [-0.2, 0) is 6.54 Å². The molecule has 3 aromatic heterocycles. The van der Waals surface area contributed by atoms with Gasteiger partial charge in [0.1, 0.15) is 5.82 Å². The normalized spacial score (nSPS) is 10.9. The van der Waals surface area contributed by atoms with Gasteiger partial charge in [0.25, 0.3) is 5.91 Å². The molecule has 1 aromatic carbocycles. The van der Waals surface area contributed by atoms with Crippen molar-refractivity contribution in [2.24, 2.45) is 5.73 Å². The molecule has 4 aromatic rings. The van der Waals surface area contributed by atoms with Crippen LogP contribution in [0.1, 0.15) is 15.9 Å². The van der Waals surface area contributed by atoms with Crippen LogP contribution >= 0.6 is 0 Å². The highest BCUT2D eigenvalue weighted by Crippen LogP contribution is 2.23. The highest BCUT2D eigenvalue weighted by atomic mass is 19.1. The second kappa shape index (κ2) is 7.70. The number of amides is 1. The van der Waals surface area contributed by atoms with E-state index >= 15 is 0 Å². The van der Waals surface area contributed by atoms with Crippen LogP contribution in [0.5, 0.6) is 0 Å².